The highest BCUT2D eigenvalue weighted by molar-refractivity contribution is 7.45. The summed E-state index contributed by atoms with van der Waals surface area (Å²) in [6, 6.07) is -0.911. The van der Waals surface area contributed by atoms with Crippen LogP contribution in [0.5, 0.6) is 0 Å². The molecule has 0 radical (unpaired) electrons. The molecule has 3 atom stereocenters. The molecule has 79 heavy (non-hydrogen) atoms. The van der Waals surface area contributed by atoms with Gasteiger partial charge in [0.15, 0.2) is 0 Å². The number of hydrogen-bond donors (Lipinski definition) is 2. The van der Waals surface area contributed by atoms with Crippen molar-refractivity contribution in [3.05, 3.63) is 48.6 Å². The van der Waals surface area contributed by atoms with Gasteiger partial charge in [-0.2, -0.15) is 0 Å². The van der Waals surface area contributed by atoms with Crippen LogP contribution in [0.1, 0.15) is 341 Å². The van der Waals surface area contributed by atoms with E-state index < -0.39 is 26.6 Å². The summed E-state index contributed by atoms with van der Waals surface area (Å²) in [5.74, 6) is -0.206. The first-order valence-corrected chi connectivity index (χ1v) is 36.0. The molecule has 466 valence electrons. The van der Waals surface area contributed by atoms with E-state index in [1.54, 1.807) is 6.08 Å². The van der Waals surface area contributed by atoms with Gasteiger partial charge in [-0.3, -0.25) is 9.36 Å². The number of likely N-dealkylation sites (N-methyl/N-ethyl adjacent to an activating group) is 1. The minimum atomic E-state index is -4.61. The van der Waals surface area contributed by atoms with Crippen LogP contribution < -0.4 is 10.2 Å². The Labute approximate surface area is 492 Å². The van der Waals surface area contributed by atoms with Crippen molar-refractivity contribution < 1.29 is 32.9 Å². The number of quaternary nitrogens is 1. The second-order valence-corrected chi connectivity index (χ2v) is 26.3. The molecule has 8 nitrogen and oxygen atoms in total. The molecule has 0 bridgehead atoms. The monoisotopic (exact) mass is 1130 g/mol. The maximum absolute atomic E-state index is 13.0. The molecule has 0 saturated carbocycles. The van der Waals surface area contributed by atoms with Crippen LogP contribution in [0.3, 0.4) is 0 Å². The van der Waals surface area contributed by atoms with E-state index in [1.807, 2.05) is 27.2 Å². The highest BCUT2D eigenvalue weighted by atomic mass is 31.2. The molecule has 0 aromatic rings. The van der Waals surface area contributed by atoms with Crippen LogP contribution in [0, 0.1) is 0 Å². The van der Waals surface area contributed by atoms with Gasteiger partial charge in [0, 0.05) is 6.42 Å². The third-order valence-electron chi connectivity index (χ3n) is 15.7. The van der Waals surface area contributed by atoms with Gasteiger partial charge in [0.1, 0.15) is 13.2 Å². The fourth-order valence-electron chi connectivity index (χ4n) is 10.4. The number of aliphatic hydroxyl groups excluding tert-OH is 1. The normalized spacial score (nSPS) is 14.0. The molecule has 0 aliphatic rings. The minimum Gasteiger partial charge on any atom is -0.756 e. The van der Waals surface area contributed by atoms with Crippen LogP contribution in [-0.2, 0) is 18.4 Å². The van der Waals surface area contributed by atoms with Gasteiger partial charge < -0.3 is 28.8 Å². The Kier molecular flexibility index (Phi) is 59.8. The molecule has 0 aliphatic carbocycles. The van der Waals surface area contributed by atoms with Crippen LogP contribution >= 0.6 is 7.82 Å². The molecular formula is C70H135N2O6P. The zero-order valence-electron chi connectivity index (χ0n) is 53.3. The number of phosphoric ester groups is 1. The Morgan fingerprint density at radius 1 is 0.430 bits per heavy atom. The molecular weight excluding hydrogens is 996 g/mol. The van der Waals surface area contributed by atoms with Crippen molar-refractivity contribution in [2.45, 2.75) is 353 Å². The van der Waals surface area contributed by atoms with Crippen LogP contribution in [0.15, 0.2) is 48.6 Å². The molecule has 0 heterocycles. The van der Waals surface area contributed by atoms with Crippen molar-refractivity contribution in [3.8, 4) is 0 Å². The minimum absolute atomic E-state index is 0.00835. The Bertz CT molecular complexity index is 1430. The zero-order chi connectivity index (χ0) is 57.7. The Morgan fingerprint density at radius 2 is 0.709 bits per heavy atom. The number of phosphoric acid groups is 1. The van der Waals surface area contributed by atoms with E-state index in [2.05, 4.69) is 55.6 Å². The lowest BCUT2D eigenvalue weighted by molar-refractivity contribution is -0.870. The van der Waals surface area contributed by atoms with E-state index in [4.69, 9.17) is 9.05 Å². The van der Waals surface area contributed by atoms with Crippen molar-refractivity contribution in [2.24, 2.45) is 0 Å². The standard InChI is InChI=1S/C70H135N2O6P/c1-6-8-10-12-14-16-18-20-22-24-26-28-30-32-33-34-35-36-37-38-39-40-42-44-46-48-50-52-54-56-58-60-62-64-70(74)71-68(67-78-79(75,76)77-66-65-72(3,4)5)69(73)63-61-59-57-55-53-51-49-47-45-43-41-31-29-27-25-23-21-19-17-15-13-11-9-7-2/h32-33,45,47,53,55,61,63,68-69,73H,6-31,34-44,46,48-52,54,56-60,62,64-67H2,1-5H3,(H-,71,74,75,76)/b33-32-,47-45+,55-53+,63-61+. The van der Waals surface area contributed by atoms with Crippen molar-refractivity contribution in [3.63, 3.8) is 0 Å². The number of nitrogens with one attached hydrogen (secondary N) is 1. The average molecular weight is 1130 g/mol. The Balaban J connectivity index is 4.09. The Morgan fingerprint density at radius 3 is 1.03 bits per heavy atom. The van der Waals surface area contributed by atoms with E-state index in [1.165, 1.54) is 276 Å². The smallest absolute Gasteiger partial charge is 0.268 e. The van der Waals surface area contributed by atoms with E-state index in [0.29, 0.717) is 17.4 Å². The zero-order valence-corrected chi connectivity index (χ0v) is 54.2. The van der Waals surface area contributed by atoms with Crippen LogP contribution in [0.25, 0.3) is 0 Å². The molecule has 2 N–H and O–H groups in total. The van der Waals surface area contributed by atoms with Gasteiger partial charge in [-0.1, -0.05) is 313 Å². The van der Waals surface area contributed by atoms with Gasteiger partial charge in [-0.15, -0.1) is 0 Å². The quantitative estimate of drug-likeness (QED) is 0.0272. The first-order valence-electron chi connectivity index (χ1n) is 34.5. The molecule has 0 aliphatic heterocycles. The highest BCUT2D eigenvalue weighted by Gasteiger charge is 2.23. The summed E-state index contributed by atoms with van der Waals surface area (Å²) in [6.45, 7) is 4.67. The topological polar surface area (TPSA) is 108 Å². The number of amides is 1. The molecule has 0 saturated heterocycles. The van der Waals surface area contributed by atoms with Crippen molar-refractivity contribution in [2.75, 3.05) is 40.9 Å². The van der Waals surface area contributed by atoms with E-state index in [9.17, 15) is 19.4 Å². The summed E-state index contributed by atoms with van der Waals surface area (Å²) in [5.41, 5.74) is 0. The van der Waals surface area contributed by atoms with E-state index in [0.717, 1.165) is 44.9 Å². The van der Waals surface area contributed by atoms with Gasteiger partial charge in [-0.05, 0) is 70.6 Å². The molecule has 0 spiro atoms. The molecule has 9 heteroatoms. The summed E-state index contributed by atoms with van der Waals surface area (Å²) >= 11 is 0. The molecule has 1 amide bonds. The summed E-state index contributed by atoms with van der Waals surface area (Å²) in [7, 11) is 1.25. The van der Waals surface area contributed by atoms with Crippen LogP contribution in [-0.4, -0.2) is 68.5 Å². The Hall–Kier alpha value is -1.54. The summed E-state index contributed by atoms with van der Waals surface area (Å²) < 4.78 is 23.4. The number of rotatable bonds is 64. The number of unbranched alkanes of at least 4 members (excludes halogenated alkanes) is 45. The average Bonchev–Trinajstić information content (AvgIpc) is 3.42. The second kappa shape index (κ2) is 61.0. The van der Waals surface area contributed by atoms with Crippen LogP contribution in [0.2, 0.25) is 0 Å². The number of aliphatic hydroxyl groups is 1. The summed E-state index contributed by atoms with van der Waals surface area (Å²) in [5, 5.41) is 13.9. The van der Waals surface area contributed by atoms with Crippen LogP contribution in [0.4, 0.5) is 0 Å². The van der Waals surface area contributed by atoms with Crippen molar-refractivity contribution >= 4 is 13.7 Å². The molecule has 0 aromatic carbocycles. The van der Waals surface area contributed by atoms with Gasteiger partial charge in [-0.25, -0.2) is 0 Å². The first-order chi connectivity index (χ1) is 38.5. The first kappa shape index (κ1) is 77.5. The summed E-state index contributed by atoms with van der Waals surface area (Å²) in [6.07, 6.45) is 82.4. The number of carbonyl (C=O) groups is 1. The number of hydrogen-bond acceptors (Lipinski definition) is 6. The largest absolute Gasteiger partial charge is 0.756 e. The highest BCUT2D eigenvalue weighted by Crippen LogP contribution is 2.38. The second-order valence-electron chi connectivity index (χ2n) is 24.9. The fourth-order valence-corrected chi connectivity index (χ4v) is 11.1. The van der Waals surface area contributed by atoms with Gasteiger partial charge >= 0.3 is 0 Å². The summed E-state index contributed by atoms with van der Waals surface area (Å²) in [4.78, 5) is 25.6. The van der Waals surface area contributed by atoms with Crippen molar-refractivity contribution in [1.29, 1.82) is 0 Å². The van der Waals surface area contributed by atoms with E-state index in [-0.39, 0.29) is 12.5 Å². The SMILES string of the molecule is CCCCCCCCCCCCCC/C=C\CCCCCCCCCCCCCCCCCCCC(=O)NC(COP(=O)([O-])OCC[N+](C)(C)C)C(O)/C=C/CC/C=C/CC/C=C/CCCCCCCCCCCCCCCC. The third kappa shape index (κ3) is 63.9. The lowest BCUT2D eigenvalue weighted by Crippen LogP contribution is -2.45. The number of carbonyl (C=O) groups excluding carboxylic acids is 1. The molecule has 0 fully saturated rings. The van der Waals surface area contributed by atoms with Gasteiger partial charge in [0.05, 0.1) is 39.9 Å². The third-order valence-corrected chi connectivity index (χ3v) is 16.7. The maximum atomic E-state index is 13.0. The lowest BCUT2D eigenvalue weighted by atomic mass is 10.0. The molecule has 0 aromatic heterocycles. The predicted molar refractivity (Wildman–Crippen MR) is 344 cm³/mol. The molecule has 0 rings (SSSR count). The van der Waals surface area contributed by atoms with Gasteiger partial charge in [0.2, 0.25) is 5.91 Å². The lowest BCUT2D eigenvalue weighted by Gasteiger charge is -2.29. The molecule has 3 unspecified atom stereocenters. The maximum Gasteiger partial charge on any atom is 0.268 e. The number of nitrogens with zero attached hydrogens (tertiary/aromatic N) is 1. The fraction of sp³-hybridized carbons (Fsp3) is 0.871. The van der Waals surface area contributed by atoms with Gasteiger partial charge in [0.25, 0.3) is 7.82 Å². The van der Waals surface area contributed by atoms with Crippen molar-refractivity contribution in [1.82, 2.24) is 5.32 Å². The van der Waals surface area contributed by atoms with E-state index >= 15 is 0 Å². The number of allylic oxidation sites excluding steroid dienone is 7. The predicted octanol–water partition coefficient (Wildman–Crippen LogP) is 21.2.